The highest BCUT2D eigenvalue weighted by molar-refractivity contribution is 9.10. The monoisotopic (exact) mass is 437 g/mol. The quantitative estimate of drug-likeness (QED) is 0.579. The maximum Gasteiger partial charge on any atom is 0.256 e. The molecule has 0 atom stereocenters. The fraction of sp³-hybridized carbons (Fsp3) is 0.111. The molecule has 0 saturated heterocycles. The van der Waals surface area contributed by atoms with E-state index in [-0.39, 0.29) is 5.91 Å². The van der Waals surface area contributed by atoms with E-state index in [0.717, 1.165) is 15.7 Å². The van der Waals surface area contributed by atoms with Crippen LogP contribution in [-0.2, 0) is 6.54 Å². The van der Waals surface area contributed by atoms with Crippen LogP contribution in [0.25, 0.3) is 0 Å². The highest BCUT2D eigenvalue weighted by Gasteiger charge is 2.12. The van der Waals surface area contributed by atoms with Gasteiger partial charge in [0, 0.05) is 37.4 Å². The van der Waals surface area contributed by atoms with Crippen molar-refractivity contribution in [1.29, 1.82) is 0 Å². The van der Waals surface area contributed by atoms with Crippen LogP contribution >= 0.6 is 39.1 Å². The molecule has 7 heteroatoms. The van der Waals surface area contributed by atoms with E-state index < -0.39 is 0 Å². The summed E-state index contributed by atoms with van der Waals surface area (Å²) < 4.78 is 2.67. The fourth-order valence-corrected chi connectivity index (χ4v) is 3.14. The number of hydrogen-bond donors (Lipinski definition) is 1. The Labute approximate surface area is 163 Å². The van der Waals surface area contributed by atoms with Crippen molar-refractivity contribution in [3.63, 3.8) is 0 Å². The Morgan fingerprint density at radius 3 is 2.44 bits per heavy atom. The molecular formula is C18H14BrCl2N3O. The Morgan fingerprint density at radius 2 is 1.80 bits per heavy atom. The number of anilines is 1. The van der Waals surface area contributed by atoms with E-state index in [1.54, 1.807) is 35.0 Å². The summed E-state index contributed by atoms with van der Waals surface area (Å²) in [5, 5.41) is 8.40. The molecule has 0 aliphatic rings. The molecule has 0 spiro atoms. The Balaban J connectivity index is 1.78. The van der Waals surface area contributed by atoms with E-state index in [0.29, 0.717) is 28.0 Å². The molecule has 1 heterocycles. The lowest BCUT2D eigenvalue weighted by Gasteiger charge is -2.08. The molecule has 128 valence electrons. The summed E-state index contributed by atoms with van der Waals surface area (Å²) in [6.45, 7) is 2.34. The van der Waals surface area contributed by atoms with E-state index in [4.69, 9.17) is 23.2 Å². The topological polar surface area (TPSA) is 46.9 Å². The second kappa shape index (κ2) is 7.60. The fourth-order valence-electron chi connectivity index (χ4n) is 2.35. The first kappa shape index (κ1) is 18.0. The van der Waals surface area contributed by atoms with Gasteiger partial charge in [0.05, 0.1) is 6.54 Å². The SMILES string of the molecule is Cc1cc(NC(=O)c2ccc(Br)cc2)nn1Cc1c(Cl)cccc1Cl. The van der Waals surface area contributed by atoms with Crippen molar-refractivity contribution in [3.8, 4) is 0 Å². The maximum atomic E-state index is 12.3. The number of aromatic nitrogens is 2. The van der Waals surface area contributed by atoms with Gasteiger partial charge in [-0.15, -0.1) is 0 Å². The second-order valence-electron chi connectivity index (χ2n) is 5.49. The number of nitrogens with zero attached hydrogens (tertiary/aromatic N) is 2. The average Bonchev–Trinajstić information content (AvgIpc) is 2.91. The molecule has 0 saturated carbocycles. The number of carbonyl (C=O) groups excluding carboxylic acids is 1. The summed E-state index contributed by atoms with van der Waals surface area (Å²) in [5.41, 5.74) is 2.24. The van der Waals surface area contributed by atoms with Crippen LogP contribution in [0.5, 0.6) is 0 Å². The van der Waals surface area contributed by atoms with Crippen molar-refractivity contribution in [3.05, 3.63) is 79.9 Å². The molecule has 0 radical (unpaired) electrons. The van der Waals surface area contributed by atoms with Crippen LogP contribution in [0, 0.1) is 6.92 Å². The van der Waals surface area contributed by atoms with E-state index in [1.807, 2.05) is 25.1 Å². The van der Waals surface area contributed by atoms with Gasteiger partial charge in [0.15, 0.2) is 5.82 Å². The number of nitrogens with one attached hydrogen (secondary N) is 1. The lowest BCUT2D eigenvalue weighted by atomic mass is 10.2. The largest absolute Gasteiger partial charge is 0.305 e. The third-order valence-electron chi connectivity index (χ3n) is 3.70. The standard InChI is InChI=1S/C18H14BrCl2N3O/c1-11-9-17(22-18(25)12-5-7-13(19)8-6-12)23-24(11)10-14-15(20)3-2-4-16(14)21/h2-9H,10H2,1H3,(H,22,23,25). The van der Waals surface area contributed by atoms with Crippen LogP contribution in [0.2, 0.25) is 10.0 Å². The number of rotatable bonds is 4. The first-order valence-electron chi connectivity index (χ1n) is 7.48. The summed E-state index contributed by atoms with van der Waals surface area (Å²) in [6, 6.07) is 14.3. The van der Waals surface area contributed by atoms with Crippen LogP contribution in [0.4, 0.5) is 5.82 Å². The molecule has 4 nitrogen and oxygen atoms in total. The van der Waals surface area contributed by atoms with Crippen LogP contribution in [0.15, 0.2) is 53.0 Å². The molecule has 0 aliphatic carbocycles. The predicted molar refractivity (Wildman–Crippen MR) is 105 cm³/mol. The predicted octanol–water partition coefficient (Wildman–Crippen LogP) is 5.56. The van der Waals surface area contributed by atoms with Crippen LogP contribution in [0.1, 0.15) is 21.6 Å². The van der Waals surface area contributed by atoms with Crippen molar-refractivity contribution in [2.75, 3.05) is 5.32 Å². The van der Waals surface area contributed by atoms with E-state index in [2.05, 4.69) is 26.3 Å². The Kier molecular flexibility index (Phi) is 5.47. The zero-order valence-corrected chi connectivity index (χ0v) is 16.4. The zero-order chi connectivity index (χ0) is 18.0. The average molecular weight is 439 g/mol. The maximum absolute atomic E-state index is 12.3. The second-order valence-corrected chi connectivity index (χ2v) is 7.22. The smallest absolute Gasteiger partial charge is 0.256 e. The molecule has 0 unspecified atom stereocenters. The van der Waals surface area contributed by atoms with Crippen LogP contribution in [-0.4, -0.2) is 15.7 Å². The van der Waals surface area contributed by atoms with E-state index >= 15 is 0 Å². The van der Waals surface area contributed by atoms with Crippen LogP contribution < -0.4 is 5.32 Å². The van der Waals surface area contributed by atoms with Gasteiger partial charge >= 0.3 is 0 Å². The summed E-state index contributed by atoms with van der Waals surface area (Å²) in [4.78, 5) is 12.3. The zero-order valence-electron chi connectivity index (χ0n) is 13.3. The number of carbonyl (C=O) groups is 1. The minimum absolute atomic E-state index is 0.215. The normalized spacial score (nSPS) is 10.7. The summed E-state index contributed by atoms with van der Waals surface area (Å²) in [5.74, 6) is 0.265. The van der Waals surface area contributed by atoms with Gasteiger partial charge < -0.3 is 5.32 Å². The molecule has 3 aromatic rings. The minimum atomic E-state index is -0.215. The van der Waals surface area contributed by atoms with Crippen molar-refractivity contribution < 1.29 is 4.79 Å². The Hall–Kier alpha value is -1.82. The highest BCUT2D eigenvalue weighted by atomic mass is 79.9. The molecule has 2 aromatic carbocycles. The van der Waals surface area contributed by atoms with Crippen LogP contribution in [0.3, 0.4) is 0 Å². The lowest BCUT2D eigenvalue weighted by Crippen LogP contribution is -2.13. The van der Waals surface area contributed by atoms with Gasteiger partial charge in [0.1, 0.15) is 0 Å². The van der Waals surface area contributed by atoms with Gasteiger partial charge in [-0.05, 0) is 43.3 Å². The summed E-state index contributed by atoms with van der Waals surface area (Å²) in [6.07, 6.45) is 0. The third kappa shape index (κ3) is 4.24. The van der Waals surface area contributed by atoms with E-state index in [9.17, 15) is 4.79 Å². The molecule has 1 aromatic heterocycles. The molecule has 0 bridgehead atoms. The van der Waals surface area contributed by atoms with Crippen molar-refractivity contribution >= 4 is 50.9 Å². The molecule has 1 amide bonds. The minimum Gasteiger partial charge on any atom is -0.305 e. The van der Waals surface area contributed by atoms with Gasteiger partial charge in [-0.25, -0.2) is 0 Å². The summed E-state index contributed by atoms with van der Waals surface area (Å²) in [7, 11) is 0. The number of benzene rings is 2. The molecule has 1 N–H and O–H groups in total. The number of hydrogen-bond acceptors (Lipinski definition) is 2. The molecule has 25 heavy (non-hydrogen) atoms. The van der Waals surface area contributed by atoms with Crippen molar-refractivity contribution in [1.82, 2.24) is 9.78 Å². The molecule has 3 rings (SSSR count). The Bertz CT molecular complexity index is 902. The lowest BCUT2D eigenvalue weighted by molar-refractivity contribution is 0.102. The van der Waals surface area contributed by atoms with Crippen molar-refractivity contribution in [2.45, 2.75) is 13.5 Å². The first-order valence-corrected chi connectivity index (χ1v) is 9.03. The third-order valence-corrected chi connectivity index (χ3v) is 4.94. The van der Waals surface area contributed by atoms with E-state index in [1.165, 1.54) is 0 Å². The highest BCUT2D eigenvalue weighted by Crippen LogP contribution is 2.26. The number of amides is 1. The Morgan fingerprint density at radius 1 is 1.16 bits per heavy atom. The molecule has 0 fully saturated rings. The van der Waals surface area contributed by atoms with Gasteiger partial charge in [0.25, 0.3) is 5.91 Å². The number of halogens is 3. The van der Waals surface area contributed by atoms with Gasteiger partial charge in [-0.3, -0.25) is 9.48 Å². The molecule has 0 aliphatic heterocycles. The first-order chi connectivity index (χ1) is 11.9. The van der Waals surface area contributed by atoms with Gasteiger partial charge in [-0.1, -0.05) is 45.2 Å². The summed E-state index contributed by atoms with van der Waals surface area (Å²) >= 11 is 15.8. The van der Waals surface area contributed by atoms with Gasteiger partial charge in [0.2, 0.25) is 0 Å². The molecular weight excluding hydrogens is 425 g/mol. The number of aryl methyl sites for hydroxylation is 1. The van der Waals surface area contributed by atoms with Gasteiger partial charge in [-0.2, -0.15) is 5.10 Å². The van der Waals surface area contributed by atoms with Crippen molar-refractivity contribution in [2.24, 2.45) is 0 Å².